The summed E-state index contributed by atoms with van der Waals surface area (Å²) in [4.78, 5) is 28.1. The largest absolute Gasteiger partial charge is 0.495 e. The van der Waals surface area contributed by atoms with E-state index in [9.17, 15) is 9.59 Å². The third-order valence-electron chi connectivity index (χ3n) is 3.74. The van der Waals surface area contributed by atoms with Crippen LogP contribution >= 0.6 is 11.6 Å². The summed E-state index contributed by atoms with van der Waals surface area (Å²) in [6, 6.07) is 12.2. The molecule has 6 heteroatoms. The standard InChI is InChI=1S/C18H15ClN2O3/c1-10-16(12-5-3-4-6-13(12)20-10)17(22)18(23)21-14-9-11(19)7-8-15(14)24-2/h3-9,20H,1-2H3,(H,21,23). The number of aromatic nitrogens is 1. The number of carbonyl (C=O) groups is 2. The van der Waals surface area contributed by atoms with Crippen molar-refractivity contribution in [2.24, 2.45) is 0 Å². The SMILES string of the molecule is COc1ccc(Cl)cc1NC(=O)C(=O)c1c(C)[nH]c2ccccc12. The number of ketones is 1. The van der Waals surface area contributed by atoms with Crippen molar-refractivity contribution in [3.05, 3.63) is 58.7 Å². The highest BCUT2D eigenvalue weighted by molar-refractivity contribution is 6.48. The summed E-state index contributed by atoms with van der Waals surface area (Å²) in [5.74, 6) is -0.938. The van der Waals surface area contributed by atoms with Gasteiger partial charge in [0, 0.05) is 21.6 Å². The molecule has 0 radical (unpaired) electrons. The number of methoxy groups -OCH3 is 1. The summed E-state index contributed by atoms with van der Waals surface area (Å²) in [7, 11) is 1.48. The first-order chi connectivity index (χ1) is 11.5. The van der Waals surface area contributed by atoms with Gasteiger partial charge in [-0.2, -0.15) is 0 Å². The molecule has 0 atom stereocenters. The lowest BCUT2D eigenvalue weighted by Gasteiger charge is -2.10. The van der Waals surface area contributed by atoms with E-state index in [1.54, 1.807) is 25.1 Å². The fourth-order valence-electron chi connectivity index (χ4n) is 2.64. The average molecular weight is 343 g/mol. The molecule has 3 rings (SSSR count). The highest BCUT2D eigenvalue weighted by Crippen LogP contribution is 2.28. The number of para-hydroxylation sites is 1. The van der Waals surface area contributed by atoms with Gasteiger partial charge in [0.1, 0.15) is 5.75 Å². The van der Waals surface area contributed by atoms with E-state index < -0.39 is 11.7 Å². The Labute approximate surface area is 143 Å². The number of aryl methyl sites for hydroxylation is 1. The number of hydrogen-bond donors (Lipinski definition) is 2. The van der Waals surface area contributed by atoms with Gasteiger partial charge in [0.2, 0.25) is 0 Å². The minimum absolute atomic E-state index is 0.348. The minimum Gasteiger partial charge on any atom is -0.495 e. The molecule has 0 fully saturated rings. The number of amides is 1. The van der Waals surface area contributed by atoms with Crippen LogP contribution in [0.25, 0.3) is 10.9 Å². The van der Waals surface area contributed by atoms with Gasteiger partial charge < -0.3 is 15.0 Å². The molecule has 122 valence electrons. The Bertz CT molecular complexity index is 947. The van der Waals surface area contributed by atoms with Crippen LogP contribution < -0.4 is 10.1 Å². The molecule has 0 bridgehead atoms. The van der Waals surface area contributed by atoms with Crippen molar-refractivity contribution in [3.63, 3.8) is 0 Å². The normalized spacial score (nSPS) is 10.6. The highest BCUT2D eigenvalue weighted by Gasteiger charge is 2.23. The van der Waals surface area contributed by atoms with Crippen molar-refractivity contribution in [3.8, 4) is 5.75 Å². The van der Waals surface area contributed by atoms with Crippen molar-refractivity contribution in [1.82, 2.24) is 4.98 Å². The van der Waals surface area contributed by atoms with Crippen LogP contribution in [-0.2, 0) is 4.79 Å². The molecule has 2 N–H and O–H groups in total. The molecule has 1 heterocycles. The maximum absolute atomic E-state index is 12.6. The second kappa shape index (κ2) is 6.37. The molecule has 0 aliphatic rings. The molecule has 1 amide bonds. The summed E-state index contributed by atoms with van der Waals surface area (Å²) in [5, 5.41) is 3.72. The fraction of sp³-hybridized carbons (Fsp3) is 0.111. The molecule has 1 aromatic heterocycles. The van der Waals surface area contributed by atoms with Crippen LogP contribution in [-0.4, -0.2) is 23.8 Å². The Morgan fingerprint density at radius 2 is 1.92 bits per heavy atom. The van der Waals surface area contributed by atoms with E-state index in [-0.39, 0.29) is 0 Å². The van der Waals surface area contributed by atoms with Crippen LogP contribution in [0, 0.1) is 6.92 Å². The Kier molecular flexibility index (Phi) is 4.27. The van der Waals surface area contributed by atoms with Crippen molar-refractivity contribution in [2.45, 2.75) is 6.92 Å². The molecule has 5 nitrogen and oxygen atoms in total. The van der Waals surface area contributed by atoms with E-state index in [2.05, 4.69) is 10.3 Å². The van der Waals surface area contributed by atoms with E-state index in [1.165, 1.54) is 13.2 Å². The van der Waals surface area contributed by atoms with E-state index in [4.69, 9.17) is 16.3 Å². The van der Waals surface area contributed by atoms with Crippen molar-refractivity contribution < 1.29 is 14.3 Å². The van der Waals surface area contributed by atoms with Crippen molar-refractivity contribution in [1.29, 1.82) is 0 Å². The molecular weight excluding hydrogens is 328 g/mol. The first-order valence-corrected chi connectivity index (χ1v) is 7.65. The molecular formula is C18H15ClN2O3. The van der Waals surface area contributed by atoms with Crippen LogP contribution in [0.15, 0.2) is 42.5 Å². The zero-order chi connectivity index (χ0) is 17.3. The van der Waals surface area contributed by atoms with Crippen LogP contribution in [0.1, 0.15) is 16.1 Å². The van der Waals surface area contributed by atoms with Gasteiger partial charge in [-0.05, 0) is 31.2 Å². The summed E-state index contributed by atoms with van der Waals surface area (Å²) in [5.41, 5.74) is 2.17. The number of Topliss-reactive ketones (excluding diaryl/α,β-unsaturated/α-hetero) is 1. The molecule has 0 saturated carbocycles. The van der Waals surface area contributed by atoms with Gasteiger partial charge in [-0.3, -0.25) is 9.59 Å². The van der Waals surface area contributed by atoms with Gasteiger partial charge in [-0.25, -0.2) is 0 Å². The molecule has 0 unspecified atom stereocenters. The quantitative estimate of drug-likeness (QED) is 0.557. The van der Waals surface area contributed by atoms with Gasteiger partial charge in [0.15, 0.2) is 0 Å². The number of carbonyl (C=O) groups excluding carboxylic acids is 2. The first kappa shape index (κ1) is 16.1. The number of anilines is 1. The smallest absolute Gasteiger partial charge is 0.296 e. The van der Waals surface area contributed by atoms with E-state index in [0.29, 0.717) is 33.1 Å². The predicted molar refractivity (Wildman–Crippen MR) is 94.0 cm³/mol. The number of nitrogens with one attached hydrogen (secondary N) is 2. The number of ether oxygens (including phenoxy) is 1. The van der Waals surface area contributed by atoms with E-state index in [0.717, 1.165) is 5.52 Å². The molecule has 0 aliphatic carbocycles. The zero-order valence-corrected chi connectivity index (χ0v) is 13.9. The maximum atomic E-state index is 12.6. The lowest BCUT2D eigenvalue weighted by Crippen LogP contribution is -2.23. The minimum atomic E-state index is -0.747. The topological polar surface area (TPSA) is 71.2 Å². The number of rotatable bonds is 4. The van der Waals surface area contributed by atoms with Crippen LogP contribution in [0.3, 0.4) is 0 Å². The Hall–Kier alpha value is -2.79. The third kappa shape index (κ3) is 2.86. The number of fused-ring (bicyclic) bond motifs is 1. The Balaban J connectivity index is 1.94. The molecule has 0 saturated heterocycles. The summed E-state index contributed by atoms with van der Waals surface area (Å²) in [6.45, 7) is 1.76. The number of halogens is 1. The highest BCUT2D eigenvalue weighted by atomic mass is 35.5. The molecule has 24 heavy (non-hydrogen) atoms. The van der Waals surface area contributed by atoms with Crippen molar-refractivity contribution >= 4 is 39.9 Å². The fourth-order valence-corrected chi connectivity index (χ4v) is 2.81. The first-order valence-electron chi connectivity index (χ1n) is 7.27. The Morgan fingerprint density at radius 3 is 2.67 bits per heavy atom. The van der Waals surface area contributed by atoms with E-state index in [1.807, 2.05) is 18.2 Å². The lowest BCUT2D eigenvalue weighted by molar-refractivity contribution is -0.112. The lowest BCUT2D eigenvalue weighted by atomic mass is 10.1. The summed E-state index contributed by atoms with van der Waals surface area (Å²) < 4.78 is 5.17. The zero-order valence-electron chi connectivity index (χ0n) is 13.1. The molecule has 2 aromatic carbocycles. The maximum Gasteiger partial charge on any atom is 0.296 e. The molecule has 3 aromatic rings. The summed E-state index contributed by atoms with van der Waals surface area (Å²) in [6.07, 6.45) is 0. The van der Waals surface area contributed by atoms with Gasteiger partial charge in [-0.1, -0.05) is 29.8 Å². The van der Waals surface area contributed by atoms with Crippen LogP contribution in [0.4, 0.5) is 5.69 Å². The van der Waals surface area contributed by atoms with Gasteiger partial charge in [0.05, 0.1) is 18.4 Å². The van der Waals surface area contributed by atoms with Crippen LogP contribution in [0.2, 0.25) is 5.02 Å². The van der Waals surface area contributed by atoms with Crippen LogP contribution in [0.5, 0.6) is 5.75 Å². The summed E-state index contributed by atoms with van der Waals surface area (Å²) >= 11 is 5.94. The van der Waals surface area contributed by atoms with Gasteiger partial charge in [0.25, 0.3) is 11.7 Å². The number of benzene rings is 2. The van der Waals surface area contributed by atoms with Gasteiger partial charge >= 0.3 is 0 Å². The molecule has 0 aliphatic heterocycles. The number of aromatic amines is 1. The molecule has 0 spiro atoms. The number of H-pyrrole nitrogens is 1. The average Bonchev–Trinajstić information content (AvgIpc) is 2.90. The monoisotopic (exact) mass is 342 g/mol. The second-order valence-corrected chi connectivity index (χ2v) is 5.73. The predicted octanol–water partition coefficient (Wildman–Crippen LogP) is 3.96. The van der Waals surface area contributed by atoms with E-state index >= 15 is 0 Å². The van der Waals surface area contributed by atoms with Gasteiger partial charge in [-0.15, -0.1) is 0 Å². The number of hydrogen-bond acceptors (Lipinski definition) is 3. The van der Waals surface area contributed by atoms with Crippen molar-refractivity contribution in [2.75, 3.05) is 12.4 Å². The second-order valence-electron chi connectivity index (χ2n) is 5.30. The Morgan fingerprint density at radius 1 is 1.17 bits per heavy atom. The third-order valence-corrected chi connectivity index (χ3v) is 3.97.